The highest BCUT2D eigenvalue weighted by molar-refractivity contribution is 6.31. The molecule has 1 aromatic heterocycles. The summed E-state index contributed by atoms with van der Waals surface area (Å²) in [4.78, 5) is 33.8. The molecule has 0 radical (unpaired) electrons. The highest BCUT2D eigenvalue weighted by Crippen LogP contribution is 2.27. The number of amides is 1. The predicted octanol–water partition coefficient (Wildman–Crippen LogP) is 5.18. The van der Waals surface area contributed by atoms with Crippen LogP contribution in [0.3, 0.4) is 0 Å². The molecule has 0 aliphatic carbocycles. The fraction of sp³-hybridized carbons (Fsp3) is 0.320. The number of ketones is 1. The van der Waals surface area contributed by atoms with E-state index in [4.69, 9.17) is 16.3 Å². The molecule has 1 aliphatic heterocycles. The molecule has 1 aliphatic rings. The SMILES string of the molecule is CC(C)(C)OC(=O)N1CCN(c2cccc3cc(C(=O)c4cccc(Cl)c4)cnc23)CC1. The Morgan fingerprint density at radius 2 is 1.69 bits per heavy atom. The van der Waals surface area contributed by atoms with Crippen LogP contribution in [-0.2, 0) is 4.74 Å². The first kappa shape index (κ1) is 22.1. The average molecular weight is 452 g/mol. The highest BCUT2D eigenvalue weighted by atomic mass is 35.5. The van der Waals surface area contributed by atoms with Gasteiger partial charge < -0.3 is 14.5 Å². The number of carbonyl (C=O) groups is 2. The van der Waals surface area contributed by atoms with Crippen LogP contribution in [-0.4, -0.2) is 53.5 Å². The molecule has 32 heavy (non-hydrogen) atoms. The van der Waals surface area contributed by atoms with E-state index in [-0.39, 0.29) is 11.9 Å². The van der Waals surface area contributed by atoms with Crippen LogP contribution >= 0.6 is 11.6 Å². The van der Waals surface area contributed by atoms with E-state index in [2.05, 4.69) is 9.88 Å². The van der Waals surface area contributed by atoms with Crippen molar-refractivity contribution in [1.82, 2.24) is 9.88 Å². The lowest BCUT2D eigenvalue weighted by atomic mass is 10.0. The third-order valence-electron chi connectivity index (χ3n) is 5.31. The molecule has 0 atom stereocenters. The maximum absolute atomic E-state index is 12.9. The summed E-state index contributed by atoms with van der Waals surface area (Å²) in [5.41, 5.74) is 2.38. The molecule has 166 valence electrons. The third kappa shape index (κ3) is 4.86. The number of hydrogen-bond acceptors (Lipinski definition) is 5. The van der Waals surface area contributed by atoms with E-state index in [0.717, 1.165) is 16.6 Å². The number of hydrogen-bond donors (Lipinski definition) is 0. The van der Waals surface area contributed by atoms with E-state index < -0.39 is 5.60 Å². The molecule has 2 aromatic carbocycles. The van der Waals surface area contributed by atoms with E-state index in [1.807, 2.05) is 45.0 Å². The van der Waals surface area contributed by atoms with Crippen LogP contribution in [0.15, 0.2) is 54.7 Å². The average Bonchev–Trinajstić information content (AvgIpc) is 2.77. The molecule has 0 unspecified atom stereocenters. The van der Waals surface area contributed by atoms with Crippen molar-refractivity contribution in [2.24, 2.45) is 0 Å². The number of benzene rings is 2. The van der Waals surface area contributed by atoms with Gasteiger partial charge in [0.15, 0.2) is 5.78 Å². The van der Waals surface area contributed by atoms with Crippen LogP contribution in [0, 0.1) is 0 Å². The third-order valence-corrected chi connectivity index (χ3v) is 5.55. The minimum Gasteiger partial charge on any atom is -0.444 e. The number of anilines is 1. The molecule has 4 rings (SSSR count). The molecule has 0 spiro atoms. The van der Waals surface area contributed by atoms with Crippen LogP contribution in [0.2, 0.25) is 5.02 Å². The van der Waals surface area contributed by atoms with Gasteiger partial charge in [0.2, 0.25) is 0 Å². The van der Waals surface area contributed by atoms with Crippen molar-refractivity contribution in [3.8, 4) is 0 Å². The Hall–Kier alpha value is -3.12. The number of para-hydroxylation sites is 1. The van der Waals surface area contributed by atoms with Crippen LogP contribution in [0.25, 0.3) is 10.9 Å². The zero-order chi connectivity index (χ0) is 22.9. The van der Waals surface area contributed by atoms with Gasteiger partial charge in [-0.15, -0.1) is 0 Å². The maximum atomic E-state index is 12.9. The molecule has 3 aromatic rings. The summed E-state index contributed by atoms with van der Waals surface area (Å²) in [5.74, 6) is -0.113. The summed E-state index contributed by atoms with van der Waals surface area (Å²) in [6.45, 7) is 8.14. The second kappa shape index (κ2) is 8.79. The summed E-state index contributed by atoms with van der Waals surface area (Å²) >= 11 is 6.03. The van der Waals surface area contributed by atoms with E-state index >= 15 is 0 Å². The minimum absolute atomic E-state index is 0.113. The zero-order valence-corrected chi connectivity index (χ0v) is 19.2. The molecule has 0 bridgehead atoms. The number of carbonyl (C=O) groups excluding carboxylic acids is 2. The first-order valence-electron chi connectivity index (χ1n) is 10.6. The van der Waals surface area contributed by atoms with Crippen molar-refractivity contribution in [2.75, 3.05) is 31.1 Å². The van der Waals surface area contributed by atoms with Crippen molar-refractivity contribution in [3.63, 3.8) is 0 Å². The summed E-state index contributed by atoms with van der Waals surface area (Å²) in [7, 11) is 0. The fourth-order valence-corrected chi connectivity index (χ4v) is 3.97. The van der Waals surface area contributed by atoms with Gasteiger partial charge in [0, 0.05) is 53.9 Å². The van der Waals surface area contributed by atoms with Crippen molar-refractivity contribution in [3.05, 3.63) is 70.9 Å². The van der Waals surface area contributed by atoms with Gasteiger partial charge in [0.05, 0.1) is 11.2 Å². The van der Waals surface area contributed by atoms with Crippen LogP contribution in [0.1, 0.15) is 36.7 Å². The quantitative estimate of drug-likeness (QED) is 0.513. The second-order valence-electron chi connectivity index (χ2n) is 8.87. The number of rotatable bonds is 3. The molecule has 1 fully saturated rings. The number of nitrogens with zero attached hydrogens (tertiary/aromatic N) is 3. The van der Waals surface area contributed by atoms with Crippen LogP contribution < -0.4 is 4.90 Å². The molecule has 2 heterocycles. The zero-order valence-electron chi connectivity index (χ0n) is 18.5. The number of halogens is 1. The van der Waals surface area contributed by atoms with Gasteiger partial charge in [-0.3, -0.25) is 9.78 Å². The first-order chi connectivity index (χ1) is 15.2. The van der Waals surface area contributed by atoms with Gasteiger partial charge in [-0.1, -0.05) is 35.9 Å². The summed E-state index contributed by atoms with van der Waals surface area (Å²) in [5, 5.41) is 1.42. The van der Waals surface area contributed by atoms with Gasteiger partial charge in [-0.25, -0.2) is 4.79 Å². The number of piperazine rings is 1. The highest BCUT2D eigenvalue weighted by Gasteiger charge is 2.26. The van der Waals surface area contributed by atoms with E-state index in [9.17, 15) is 9.59 Å². The first-order valence-corrected chi connectivity index (χ1v) is 11.0. The Bertz CT molecular complexity index is 1160. The molecular formula is C25H26ClN3O3. The Balaban J connectivity index is 1.52. The minimum atomic E-state index is -0.506. The Morgan fingerprint density at radius 3 is 2.38 bits per heavy atom. The van der Waals surface area contributed by atoms with Gasteiger partial charge in [0.1, 0.15) is 5.60 Å². The van der Waals surface area contributed by atoms with E-state index in [0.29, 0.717) is 42.3 Å². The molecule has 0 N–H and O–H groups in total. The second-order valence-corrected chi connectivity index (χ2v) is 9.30. The van der Waals surface area contributed by atoms with Crippen LogP contribution in [0.5, 0.6) is 0 Å². The largest absolute Gasteiger partial charge is 0.444 e. The topological polar surface area (TPSA) is 62.7 Å². The Morgan fingerprint density at radius 1 is 0.969 bits per heavy atom. The fourth-order valence-electron chi connectivity index (χ4n) is 3.78. The monoisotopic (exact) mass is 451 g/mol. The number of aromatic nitrogens is 1. The van der Waals surface area contributed by atoms with Gasteiger partial charge in [0.25, 0.3) is 0 Å². The Labute approximate surface area is 192 Å². The smallest absolute Gasteiger partial charge is 0.410 e. The van der Waals surface area contributed by atoms with Crippen molar-refractivity contribution in [2.45, 2.75) is 26.4 Å². The lowest BCUT2D eigenvalue weighted by Crippen LogP contribution is -2.50. The van der Waals surface area contributed by atoms with Crippen LogP contribution in [0.4, 0.5) is 10.5 Å². The number of pyridine rings is 1. The van der Waals surface area contributed by atoms with Crippen molar-refractivity contribution < 1.29 is 14.3 Å². The summed E-state index contributed by atoms with van der Waals surface area (Å²) in [6.07, 6.45) is 1.34. The molecule has 6 nitrogen and oxygen atoms in total. The Kier molecular flexibility index (Phi) is 6.07. The van der Waals surface area contributed by atoms with Gasteiger partial charge in [-0.2, -0.15) is 0 Å². The molecule has 1 saturated heterocycles. The summed E-state index contributed by atoms with van der Waals surface area (Å²) in [6, 6.07) is 14.7. The van der Waals surface area contributed by atoms with Crippen molar-refractivity contribution in [1.29, 1.82) is 0 Å². The molecule has 0 saturated carbocycles. The summed E-state index contributed by atoms with van der Waals surface area (Å²) < 4.78 is 5.48. The van der Waals surface area contributed by atoms with Crippen molar-refractivity contribution >= 4 is 40.1 Å². The lowest BCUT2D eigenvalue weighted by molar-refractivity contribution is 0.0240. The molecular weight excluding hydrogens is 426 g/mol. The standard InChI is InChI=1S/C25H26ClN3O3/c1-25(2,3)32-24(31)29-12-10-28(11-13-29)21-9-5-6-17-14-19(16-27-22(17)21)23(30)18-7-4-8-20(26)15-18/h4-9,14-16H,10-13H2,1-3H3. The lowest BCUT2D eigenvalue weighted by Gasteiger charge is -2.37. The van der Waals surface area contributed by atoms with Gasteiger partial charge in [-0.05, 0) is 45.0 Å². The normalized spacial score (nSPS) is 14.5. The predicted molar refractivity (Wildman–Crippen MR) is 127 cm³/mol. The van der Waals surface area contributed by atoms with Gasteiger partial charge >= 0.3 is 6.09 Å². The number of ether oxygens (including phenoxy) is 1. The molecule has 7 heteroatoms. The maximum Gasteiger partial charge on any atom is 0.410 e. The van der Waals surface area contributed by atoms with E-state index in [1.165, 1.54) is 0 Å². The van der Waals surface area contributed by atoms with E-state index in [1.54, 1.807) is 35.4 Å². The molecule has 1 amide bonds. The number of fused-ring (bicyclic) bond motifs is 1.